The van der Waals surface area contributed by atoms with Gasteiger partial charge in [-0.3, -0.25) is 4.79 Å². The van der Waals surface area contributed by atoms with Gasteiger partial charge in [-0.2, -0.15) is 0 Å². The van der Waals surface area contributed by atoms with E-state index in [-0.39, 0.29) is 23.0 Å². The zero-order chi connectivity index (χ0) is 17.1. The molecule has 1 amide bonds. The van der Waals surface area contributed by atoms with Gasteiger partial charge in [0.25, 0.3) is 5.91 Å². The quantitative estimate of drug-likeness (QED) is 0.922. The predicted molar refractivity (Wildman–Crippen MR) is 90.8 cm³/mol. The van der Waals surface area contributed by atoms with Gasteiger partial charge in [0, 0.05) is 24.8 Å². The zero-order valence-corrected chi connectivity index (χ0v) is 14.1. The molecule has 0 radical (unpaired) electrons. The fraction of sp³-hybridized carbons (Fsp3) is 0.353. The van der Waals surface area contributed by atoms with Crippen LogP contribution in [0.2, 0.25) is 5.02 Å². The van der Waals surface area contributed by atoms with E-state index in [1.807, 2.05) is 13.0 Å². The molecule has 1 aromatic carbocycles. The van der Waals surface area contributed by atoms with Crippen LogP contribution in [0.25, 0.3) is 0 Å². The summed E-state index contributed by atoms with van der Waals surface area (Å²) >= 11 is 5.90. The van der Waals surface area contributed by atoms with Crippen LogP contribution in [0.5, 0.6) is 0 Å². The molecule has 0 unspecified atom stereocenters. The van der Waals surface area contributed by atoms with Gasteiger partial charge in [0.1, 0.15) is 17.5 Å². The van der Waals surface area contributed by atoms with Crippen molar-refractivity contribution >= 4 is 23.3 Å². The van der Waals surface area contributed by atoms with Crippen LogP contribution in [0.3, 0.4) is 0 Å². The van der Waals surface area contributed by atoms with Crippen LogP contribution in [0.15, 0.2) is 24.3 Å². The smallest absolute Gasteiger partial charge is 0.253 e. The van der Waals surface area contributed by atoms with Crippen molar-refractivity contribution in [1.29, 1.82) is 0 Å². The van der Waals surface area contributed by atoms with E-state index in [2.05, 4.69) is 20.2 Å². The molecule has 1 aromatic heterocycles. The number of nitrogens with zero attached hydrogens (tertiary/aromatic N) is 3. The van der Waals surface area contributed by atoms with Gasteiger partial charge in [0.05, 0.1) is 17.1 Å². The summed E-state index contributed by atoms with van der Waals surface area (Å²) in [7, 11) is 0. The number of rotatable bonds is 4. The summed E-state index contributed by atoms with van der Waals surface area (Å²) in [5, 5.41) is 2.81. The largest absolute Gasteiger partial charge is 0.357 e. The molecule has 0 atom stereocenters. The monoisotopic (exact) mass is 348 g/mol. The number of carbonyl (C=O) groups excluding carboxylic acids is 1. The lowest BCUT2D eigenvalue weighted by Crippen LogP contribution is -2.26. The molecule has 126 valence electrons. The standard InChI is InChI=1S/C17H18ClFN4O/c1-11-8-16(23-6-2-3-7-23)22-15(21-11)10-20-17(24)13-5-4-12(19)9-14(13)18/h4-5,8-9H,2-3,6-7,10H2,1H3,(H,20,24). The van der Waals surface area contributed by atoms with Gasteiger partial charge in [0.15, 0.2) is 0 Å². The fourth-order valence-corrected chi connectivity index (χ4v) is 2.98. The first-order chi connectivity index (χ1) is 11.5. The lowest BCUT2D eigenvalue weighted by molar-refractivity contribution is 0.0950. The molecule has 7 heteroatoms. The molecule has 0 aliphatic carbocycles. The second-order valence-electron chi connectivity index (χ2n) is 5.78. The van der Waals surface area contributed by atoms with E-state index in [1.54, 1.807) is 0 Å². The highest BCUT2D eigenvalue weighted by molar-refractivity contribution is 6.33. The summed E-state index contributed by atoms with van der Waals surface area (Å²) in [5.74, 6) is 0.578. The van der Waals surface area contributed by atoms with Gasteiger partial charge in [0.2, 0.25) is 0 Å². The Balaban J connectivity index is 1.70. The van der Waals surface area contributed by atoms with Gasteiger partial charge in [-0.25, -0.2) is 14.4 Å². The van der Waals surface area contributed by atoms with Crippen molar-refractivity contribution in [2.75, 3.05) is 18.0 Å². The van der Waals surface area contributed by atoms with E-state index in [0.29, 0.717) is 5.82 Å². The minimum Gasteiger partial charge on any atom is -0.357 e. The Hall–Kier alpha value is -2.21. The number of aryl methyl sites for hydroxylation is 1. The molecule has 1 N–H and O–H groups in total. The lowest BCUT2D eigenvalue weighted by atomic mass is 10.2. The molecule has 0 spiro atoms. The van der Waals surface area contributed by atoms with E-state index >= 15 is 0 Å². The minimum atomic E-state index is -0.478. The van der Waals surface area contributed by atoms with Gasteiger partial charge in [-0.1, -0.05) is 11.6 Å². The Morgan fingerprint density at radius 1 is 1.29 bits per heavy atom. The summed E-state index contributed by atoms with van der Waals surface area (Å²) in [6.07, 6.45) is 2.33. The molecule has 0 bridgehead atoms. The topological polar surface area (TPSA) is 58.1 Å². The molecule has 2 aromatic rings. The van der Waals surface area contributed by atoms with Gasteiger partial charge >= 0.3 is 0 Å². The normalized spacial score (nSPS) is 14.0. The second-order valence-corrected chi connectivity index (χ2v) is 6.19. The number of carbonyl (C=O) groups is 1. The Morgan fingerprint density at radius 2 is 2.04 bits per heavy atom. The van der Waals surface area contributed by atoms with Crippen molar-refractivity contribution in [2.24, 2.45) is 0 Å². The van der Waals surface area contributed by atoms with Crippen LogP contribution >= 0.6 is 11.6 Å². The van der Waals surface area contributed by atoms with E-state index in [0.717, 1.165) is 43.5 Å². The Kier molecular flexibility index (Phi) is 4.94. The highest BCUT2D eigenvalue weighted by Crippen LogP contribution is 2.19. The molecule has 0 saturated carbocycles. The average molecular weight is 349 g/mol. The number of halogens is 2. The molecular formula is C17H18ClFN4O. The van der Waals surface area contributed by atoms with E-state index < -0.39 is 5.82 Å². The maximum Gasteiger partial charge on any atom is 0.253 e. The van der Waals surface area contributed by atoms with Gasteiger partial charge in [-0.15, -0.1) is 0 Å². The molecule has 1 aliphatic rings. The average Bonchev–Trinajstić information content (AvgIpc) is 3.06. The Morgan fingerprint density at radius 3 is 2.75 bits per heavy atom. The first-order valence-electron chi connectivity index (χ1n) is 7.86. The van der Waals surface area contributed by atoms with E-state index in [9.17, 15) is 9.18 Å². The van der Waals surface area contributed by atoms with Crippen molar-refractivity contribution in [3.63, 3.8) is 0 Å². The van der Waals surface area contributed by atoms with Crippen LogP contribution in [0.4, 0.5) is 10.2 Å². The third-order valence-corrected chi connectivity index (χ3v) is 4.21. The number of anilines is 1. The summed E-state index contributed by atoms with van der Waals surface area (Å²) in [6.45, 7) is 4.08. The van der Waals surface area contributed by atoms with Crippen molar-refractivity contribution in [1.82, 2.24) is 15.3 Å². The molecule has 2 heterocycles. The van der Waals surface area contributed by atoms with Crippen molar-refractivity contribution in [2.45, 2.75) is 26.3 Å². The zero-order valence-electron chi connectivity index (χ0n) is 13.4. The maximum atomic E-state index is 13.1. The van der Waals surface area contributed by atoms with Crippen LogP contribution in [-0.2, 0) is 6.54 Å². The SMILES string of the molecule is Cc1cc(N2CCCC2)nc(CNC(=O)c2ccc(F)cc2Cl)n1. The first kappa shape index (κ1) is 16.6. The maximum absolute atomic E-state index is 13.1. The highest BCUT2D eigenvalue weighted by Gasteiger charge is 2.16. The molecule has 1 saturated heterocycles. The van der Waals surface area contributed by atoms with E-state index in [1.165, 1.54) is 12.1 Å². The number of amides is 1. The van der Waals surface area contributed by atoms with Crippen LogP contribution in [0, 0.1) is 12.7 Å². The highest BCUT2D eigenvalue weighted by atomic mass is 35.5. The predicted octanol–water partition coefficient (Wildman–Crippen LogP) is 3.11. The van der Waals surface area contributed by atoms with Crippen molar-refractivity contribution < 1.29 is 9.18 Å². The summed E-state index contributed by atoms with van der Waals surface area (Å²) < 4.78 is 13.1. The third-order valence-electron chi connectivity index (χ3n) is 3.90. The second kappa shape index (κ2) is 7.13. The first-order valence-corrected chi connectivity index (χ1v) is 8.23. The van der Waals surface area contributed by atoms with Crippen LogP contribution < -0.4 is 10.2 Å². The number of aromatic nitrogens is 2. The van der Waals surface area contributed by atoms with Gasteiger partial charge in [-0.05, 0) is 38.0 Å². The summed E-state index contributed by atoms with van der Waals surface area (Å²) in [4.78, 5) is 23.3. The summed E-state index contributed by atoms with van der Waals surface area (Å²) in [6, 6.07) is 5.63. The Labute approximate surface area is 144 Å². The van der Waals surface area contributed by atoms with E-state index in [4.69, 9.17) is 11.6 Å². The van der Waals surface area contributed by atoms with Crippen LogP contribution in [0.1, 0.15) is 34.7 Å². The molecule has 1 fully saturated rings. The number of hydrogen-bond donors (Lipinski definition) is 1. The Bertz CT molecular complexity index is 762. The fourth-order valence-electron chi connectivity index (χ4n) is 2.73. The molecule has 3 rings (SSSR count). The van der Waals surface area contributed by atoms with Crippen LogP contribution in [-0.4, -0.2) is 29.0 Å². The third kappa shape index (κ3) is 3.82. The van der Waals surface area contributed by atoms with Crippen molar-refractivity contribution in [3.8, 4) is 0 Å². The molecule has 24 heavy (non-hydrogen) atoms. The molecule has 5 nitrogen and oxygen atoms in total. The number of nitrogens with one attached hydrogen (secondary N) is 1. The number of benzene rings is 1. The van der Waals surface area contributed by atoms with Crippen molar-refractivity contribution in [3.05, 3.63) is 52.2 Å². The van der Waals surface area contributed by atoms with Gasteiger partial charge < -0.3 is 10.2 Å². The lowest BCUT2D eigenvalue weighted by Gasteiger charge is -2.17. The molecular weight excluding hydrogens is 331 g/mol. The minimum absolute atomic E-state index is 0.0791. The number of hydrogen-bond acceptors (Lipinski definition) is 4. The molecule has 1 aliphatic heterocycles. The summed E-state index contributed by atoms with van der Waals surface area (Å²) in [5.41, 5.74) is 1.08.